The van der Waals surface area contributed by atoms with Crippen LogP contribution in [-0.4, -0.2) is 39.4 Å². The predicted octanol–water partition coefficient (Wildman–Crippen LogP) is 0.176. The summed E-state index contributed by atoms with van der Waals surface area (Å²) in [6, 6.07) is 0. The molecule has 0 aromatic carbocycles. The van der Waals surface area contributed by atoms with Crippen LogP contribution in [0.5, 0.6) is 0 Å². The summed E-state index contributed by atoms with van der Waals surface area (Å²) in [6.07, 6.45) is 1.51. The van der Waals surface area contributed by atoms with Gasteiger partial charge in [-0.1, -0.05) is 0 Å². The van der Waals surface area contributed by atoms with Crippen molar-refractivity contribution in [2.45, 2.75) is 12.8 Å². The zero-order valence-electron chi connectivity index (χ0n) is 8.04. The Morgan fingerprint density at radius 3 is 3.15 bits per heavy atom. The molecule has 0 radical (unpaired) electrons. The molecule has 0 aliphatic carbocycles. The van der Waals surface area contributed by atoms with Gasteiger partial charge in [0, 0.05) is 32.6 Å². The van der Waals surface area contributed by atoms with Gasteiger partial charge in [-0.2, -0.15) is 0 Å². The number of rotatable bonds is 5. The first-order valence-electron chi connectivity index (χ1n) is 4.66. The second kappa shape index (κ2) is 5.94. The summed E-state index contributed by atoms with van der Waals surface area (Å²) < 4.78 is 9.99. The molecule has 0 spiro atoms. The number of amides is 1. The molecule has 0 saturated carbocycles. The second-order valence-electron chi connectivity index (χ2n) is 3.28. The SMILES string of the molecule is COCCC(=O)NCC1CCOC1. The van der Waals surface area contributed by atoms with Crippen LogP contribution in [0.3, 0.4) is 0 Å². The van der Waals surface area contributed by atoms with Gasteiger partial charge < -0.3 is 14.8 Å². The molecule has 0 aromatic heterocycles. The highest BCUT2D eigenvalue weighted by molar-refractivity contribution is 5.75. The first-order chi connectivity index (χ1) is 6.33. The van der Waals surface area contributed by atoms with Gasteiger partial charge in [0.15, 0.2) is 0 Å². The van der Waals surface area contributed by atoms with Crippen LogP contribution >= 0.6 is 0 Å². The maximum absolute atomic E-state index is 11.1. The summed E-state index contributed by atoms with van der Waals surface area (Å²) in [6.45, 7) is 2.85. The van der Waals surface area contributed by atoms with Crippen molar-refractivity contribution in [2.24, 2.45) is 5.92 Å². The molecule has 1 atom stereocenters. The third-order valence-corrected chi connectivity index (χ3v) is 2.15. The van der Waals surface area contributed by atoms with E-state index in [-0.39, 0.29) is 5.91 Å². The highest BCUT2D eigenvalue weighted by Crippen LogP contribution is 2.10. The number of nitrogens with one attached hydrogen (secondary N) is 1. The quantitative estimate of drug-likeness (QED) is 0.667. The number of ether oxygens (including phenoxy) is 2. The van der Waals surface area contributed by atoms with E-state index < -0.39 is 0 Å². The Kier molecular flexibility index (Phi) is 4.78. The molecule has 1 unspecified atom stereocenters. The molecule has 1 rings (SSSR count). The lowest BCUT2D eigenvalue weighted by Crippen LogP contribution is -2.30. The molecule has 1 heterocycles. The molecular weight excluding hydrogens is 170 g/mol. The van der Waals surface area contributed by atoms with Crippen molar-refractivity contribution in [3.8, 4) is 0 Å². The Balaban J connectivity index is 2.00. The lowest BCUT2D eigenvalue weighted by Gasteiger charge is -2.08. The van der Waals surface area contributed by atoms with Gasteiger partial charge in [0.2, 0.25) is 5.91 Å². The molecule has 1 fully saturated rings. The van der Waals surface area contributed by atoms with E-state index >= 15 is 0 Å². The van der Waals surface area contributed by atoms with Gasteiger partial charge in [0.25, 0.3) is 0 Å². The molecule has 1 N–H and O–H groups in total. The van der Waals surface area contributed by atoms with E-state index in [0.29, 0.717) is 18.9 Å². The lowest BCUT2D eigenvalue weighted by molar-refractivity contribution is -0.122. The minimum atomic E-state index is 0.0637. The number of methoxy groups -OCH3 is 1. The summed E-state index contributed by atoms with van der Waals surface area (Å²) in [7, 11) is 1.60. The minimum Gasteiger partial charge on any atom is -0.384 e. The topological polar surface area (TPSA) is 47.6 Å². The summed E-state index contributed by atoms with van der Waals surface area (Å²) in [5.41, 5.74) is 0. The van der Waals surface area contributed by atoms with Crippen molar-refractivity contribution in [3.05, 3.63) is 0 Å². The van der Waals surface area contributed by atoms with E-state index in [0.717, 1.165) is 26.2 Å². The fourth-order valence-electron chi connectivity index (χ4n) is 1.29. The fraction of sp³-hybridized carbons (Fsp3) is 0.889. The minimum absolute atomic E-state index is 0.0637. The average Bonchev–Trinajstić information content (AvgIpc) is 2.64. The normalized spacial score (nSPS) is 21.8. The van der Waals surface area contributed by atoms with Crippen molar-refractivity contribution >= 4 is 5.91 Å². The zero-order chi connectivity index (χ0) is 9.52. The van der Waals surface area contributed by atoms with Gasteiger partial charge in [-0.05, 0) is 6.42 Å². The fourth-order valence-corrected chi connectivity index (χ4v) is 1.29. The van der Waals surface area contributed by atoms with Crippen LogP contribution in [0.1, 0.15) is 12.8 Å². The molecular formula is C9H17NO3. The maximum Gasteiger partial charge on any atom is 0.222 e. The molecule has 4 heteroatoms. The van der Waals surface area contributed by atoms with Crippen LogP contribution in [-0.2, 0) is 14.3 Å². The summed E-state index contributed by atoms with van der Waals surface area (Å²) in [5, 5.41) is 2.86. The average molecular weight is 187 g/mol. The highest BCUT2D eigenvalue weighted by Gasteiger charge is 2.15. The molecule has 4 nitrogen and oxygen atoms in total. The van der Waals surface area contributed by atoms with Crippen molar-refractivity contribution in [3.63, 3.8) is 0 Å². The number of hydrogen-bond acceptors (Lipinski definition) is 3. The van der Waals surface area contributed by atoms with E-state index in [1.54, 1.807) is 7.11 Å². The first-order valence-corrected chi connectivity index (χ1v) is 4.66. The largest absolute Gasteiger partial charge is 0.384 e. The Hall–Kier alpha value is -0.610. The van der Waals surface area contributed by atoms with Crippen LogP contribution in [0.15, 0.2) is 0 Å². The molecule has 76 valence electrons. The van der Waals surface area contributed by atoms with Gasteiger partial charge in [-0.25, -0.2) is 0 Å². The number of hydrogen-bond donors (Lipinski definition) is 1. The standard InChI is InChI=1S/C9H17NO3/c1-12-4-3-9(11)10-6-8-2-5-13-7-8/h8H,2-7H2,1H3,(H,10,11). The Bertz CT molecular complexity index is 155. The summed E-state index contributed by atoms with van der Waals surface area (Å²) in [5.74, 6) is 0.570. The molecule has 13 heavy (non-hydrogen) atoms. The van der Waals surface area contributed by atoms with Crippen molar-refractivity contribution in [2.75, 3.05) is 33.5 Å². The Morgan fingerprint density at radius 1 is 1.69 bits per heavy atom. The van der Waals surface area contributed by atoms with E-state index in [2.05, 4.69) is 5.32 Å². The molecule has 1 amide bonds. The molecule has 1 aliphatic heterocycles. The number of carbonyl (C=O) groups is 1. The van der Waals surface area contributed by atoms with Crippen molar-refractivity contribution in [1.82, 2.24) is 5.32 Å². The van der Waals surface area contributed by atoms with Gasteiger partial charge >= 0.3 is 0 Å². The zero-order valence-corrected chi connectivity index (χ0v) is 8.04. The third kappa shape index (κ3) is 4.24. The first kappa shape index (κ1) is 10.5. The Morgan fingerprint density at radius 2 is 2.54 bits per heavy atom. The van der Waals surface area contributed by atoms with E-state index in [1.807, 2.05) is 0 Å². The van der Waals surface area contributed by atoms with Gasteiger partial charge in [0.1, 0.15) is 0 Å². The summed E-state index contributed by atoms with van der Waals surface area (Å²) in [4.78, 5) is 11.1. The van der Waals surface area contributed by atoms with Crippen LogP contribution in [0.25, 0.3) is 0 Å². The predicted molar refractivity (Wildman–Crippen MR) is 48.4 cm³/mol. The van der Waals surface area contributed by atoms with Gasteiger partial charge in [-0.15, -0.1) is 0 Å². The second-order valence-corrected chi connectivity index (χ2v) is 3.28. The summed E-state index contributed by atoms with van der Waals surface area (Å²) >= 11 is 0. The number of carbonyl (C=O) groups excluding carboxylic acids is 1. The molecule has 0 aromatic rings. The van der Waals surface area contributed by atoms with Gasteiger partial charge in [0.05, 0.1) is 13.2 Å². The van der Waals surface area contributed by atoms with E-state index in [4.69, 9.17) is 9.47 Å². The van der Waals surface area contributed by atoms with Crippen molar-refractivity contribution in [1.29, 1.82) is 0 Å². The Labute approximate surface area is 78.6 Å². The molecule has 0 bridgehead atoms. The highest BCUT2D eigenvalue weighted by atomic mass is 16.5. The van der Waals surface area contributed by atoms with Crippen LogP contribution < -0.4 is 5.32 Å². The van der Waals surface area contributed by atoms with Crippen molar-refractivity contribution < 1.29 is 14.3 Å². The maximum atomic E-state index is 11.1. The molecule has 1 saturated heterocycles. The monoisotopic (exact) mass is 187 g/mol. The van der Waals surface area contributed by atoms with Gasteiger partial charge in [-0.3, -0.25) is 4.79 Å². The van der Waals surface area contributed by atoms with E-state index in [9.17, 15) is 4.79 Å². The van der Waals surface area contributed by atoms with Crippen LogP contribution in [0.2, 0.25) is 0 Å². The molecule has 1 aliphatic rings. The van der Waals surface area contributed by atoms with E-state index in [1.165, 1.54) is 0 Å². The third-order valence-electron chi connectivity index (χ3n) is 2.15. The van der Waals surface area contributed by atoms with Crippen LogP contribution in [0.4, 0.5) is 0 Å². The lowest BCUT2D eigenvalue weighted by atomic mass is 10.1. The van der Waals surface area contributed by atoms with Crippen LogP contribution in [0, 0.1) is 5.92 Å². The smallest absolute Gasteiger partial charge is 0.222 e.